The maximum absolute atomic E-state index is 13.1. The van der Waals surface area contributed by atoms with Gasteiger partial charge in [-0.25, -0.2) is 4.39 Å². The molecule has 1 aromatic rings. The van der Waals surface area contributed by atoms with Gasteiger partial charge in [0.25, 0.3) is 0 Å². The van der Waals surface area contributed by atoms with E-state index in [9.17, 15) is 4.39 Å². The monoisotopic (exact) mass is 181 g/mol. The van der Waals surface area contributed by atoms with Crippen LogP contribution in [0.4, 0.5) is 10.1 Å². The van der Waals surface area contributed by atoms with Gasteiger partial charge in [0.1, 0.15) is 0 Å². The van der Waals surface area contributed by atoms with E-state index in [1.54, 1.807) is 0 Å². The molecular formula is C10H12FNO. The van der Waals surface area contributed by atoms with E-state index < -0.39 is 0 Å². The Morgan fingerprint density at radius 1 is 1.46 bits per heavy atom. The number of nitrogens with two attached hydrogens (primary N) is 1. The molecular weight excluding hydrogens is 169 g/mol. The molecule has 0 radical (unpaired) electrons. The summed E-state index contributed by atoms with van der Waals surface area (Å²) >= 11 is 0. The van der Waals surface area contributed by atoms with E-state index in [4.69, 9.17) is 10.5 Å². The lowest BCUT2D eigenvalue weighted by atomic mass is 10.3. The topological polar surface area (TPSA) is 35.2 Å². The van der Waals surface area contributed by atoms with Gasteiger partial charge in [0.05, 0.1) is 6.61 Å². The molecule has 1 aliphatic carbocycles. The molecule has 1 aromatic carbocycles. The Hall–Kier alpha value is -1.25. The van der Waals surface area contributed by atoms with E-state index in [0.29, 0.717) is 18.2 Å². The van der Waals surface area contributed by atoms with Crippen molar-refractivity contribution in [3.63, 3.8) is 0 Å². The lowest BCUT2D eigenvalue weighted by molar-refractivity contribution is 0.285. The van der Waals surface area contributed by atoms with Crippen LogP contribution in [0.5, 0.6) is 5.75 Å². The van der Waals surface area contributed by atoms with Gasteiger partial charge < -0.3 is 10.5 Å². The highest BCUT2D eigenvalue weighted by atomic mass is 19.1. The molecule has 3 heteroatoms. The fraction of sp³-hybridized carbons (Fsp3) is 0.400. The third-order valence-electron chi connectivity index (χ3n) is 2.13. The van der Waals surface area contributed by atoms with Crippen LogP contribution >= 0.6 is 0 Å². The average molecular weight is 181 g/mol. The molecule has 0 aliphatic heterocycles. The van der Waals surface area contributed by atoms with Crippen LogP contribution in [0.15, 0.2) is 18.2 Å². The minimum atomic E-state index is -0.338. The van der Waals surface area contributed by atoms with Gasteiger partial charge >= 0.3 is 0 Å². The minimum Gasteiger partial charge on any atom is -0.490 e. The highest BCUT2D eigenvalue weighted by Crippen LogP contribution is 2.30. The van der Waals surface area contributed by atoms with Gasteiger partial charge in [-0.1, -0.05) is 0 Å². The van der Waals surface area contributed by atoms with Gasteiger partial charge in [-0.05, 0) is 30.9 Å². The summed E-state index contributed by atoms with van der Waals surface area (Å²) in [6.07, 6.45) is 2.40. The van der Waals surface area contributed by atoms with Crippen LogP contribution in [0.3, 0.4) is 0 Å². The van der Waals surface area contributed by atoms with Crippen molar-refractivity contribution in [3.05, 3.63) is 24.0 Å². The number of nitrogen functional groups attached to an aromatic ring is 1. The lowest BCUT2D eigenvalue weighted by Crippen LogP contribution is -2.01. The third-order valence-corrected chi connectivity index (χ3v) is 2.13. The molecule has 2 nitrogen and oxygen atoms in total. The molecule has 1 fully saturated rings. The normalized spacial score (nSPS) is 15.8. The largest absolute Gasteiger partial charge is 0.490 e. The van der Waals surface area contributed by atoms with Gasteiger partial charge in [0.2, 0.25) is 0 Å². The Balaban J connectivity index is 2.03. The molecule has 1 aliphatic rings. The first-order valence-corrected chi connectivity index (χ1v) is 4.43. The second-order valence-corrected chi connectivity index (χ2v) is 3.44. The number of halogens is 1. The lowest BCUT2D eigenvalue weighted by Gasteiger charge is -2.06. The van der Waals surface area contributed by atoms with Crippen LogP contribution in [0, 0.1) is 11.7 Å². The van der Waals surface area contributed by atoms with E-state index >= 15 is 0 Å². The van der Waals surface area contributed by atoms with Gasteiger partial charge in [-0.15, -0.1) is 0 Å². The number of anilines is 1. The Morgan fingerprint density at radius 2 is 2.23 bits per heavy atom. The summed E-state index contributed by atoms with van der Waals surface area (Å²) < 4.78 is 18.3. The van der Waals surface area contributed by atoms with E-state index in [0.717, 1.165) is 0 Å². The van der Waals surface area contributed by atoms with Crippen LogP contribution in [0.2, 0.25) is 0 Å². The van der Waals surface area contributed by atoms with E-state index in [1.165, 1.54) is 31.0 Å². The molecule has 2 N–H and O–H groups in total. The van der Waals surface area contributed by atoms with Crippen molar-refractivity contribution >= 4 is 5.69 Å². The van der Waals surface area contributed by atoms with Crippen molar-refractivity contribution in [1.82, 2.24) is 0 Å². The fourth-order valence-corrected chi connectivity index (χ4v) is 1.12. The van der Waals surface area contributed by atoms with Crippen LogP contribution in [0.1, 0.15) is 12.8 Å². The molecule has 0 unspecified atom stereocenters. The van der Waals surface area contributed by atoms with Crippen LogP contribution in [-0.2, 0) is 0 Å². The Labute approximate surface area is 76.5 Å². The first kappa shape index (κ1) is 8.35. The van der Waals surface area contributed by atoms with Crippen molar-refractivity contribution < 1.29 is 9.13 Å². The van der Waals surface area contributed by atoms with Gasteiger partial charge in [-0.2, -0.15) is 0 Å². The second kappa shape index (κ2) is 3.24. The summed E-state index contributed by atoms with van der Waals surface area (Å²) in [5, 5.41) is 0. The van der Waals surface area contributed by atoms with Gasteiger partial charge in [-0.3, -0.25) is 0 Å². The molecule has 0 heterocycles. The zero-order chi connectivity index (χ0) is 9.26. The van der Waals surface area contributed by atoms with Crippen LogP contribution < -0.4 is 10.5 Å². The molecule has 0 atom stereocenters. The van der Waals surface area contributed by atoms with Crippen molar-refractivity contribution in [2.45, 2.75) is 12.8 Å². The van der Waals surface area contributed by atoms with Crippen molar-refractivity contribution in [3.8, 4) is 5.75 Å². The summed E-state index contributed by atoms with van der Waals surface area (Å²) in [5.74, 6) is 0.558. The summed E-state index contributed by atoms with van der Waals surface area (Å²) in [6.45, 7) is 0.611. The molecule has 70 valence electrons. The molecule has 0 saturated heterocycles. The summed E-state index contributed by atoms with van der Waals surface area (Å²) in [5.41, 5.74) is 6.04. The molecule has 1 saturated carbocycles. The van der Waals surface area contributed by atoms with Crippen LogP contribution in [0.25, 0.3) is 0 Å². The summed E-state index contributed by atoms with van der Waals surface area (Å²) in [6, 6.07) is 4.38. The average Bonchev–Trinajstić information content (AvgIpc) is 2.90. The van der Waals surface area contributed by atoms with E-state index in [2.05, 4.69) is 0 Å². The smallest absolute Gasteiger partial charge is 0.165 e. The second-order valence-electron chi connectivity index (χ2n) is 3.44. The van der Waals surface area contributed by atoms with Crippen LogP contribution in [-0.4, -0.2) is 6.61 Å². The van der Waals surface area contributed by atoms with Gasteiger partial charge in [0, 0.05) is 11.8 Å². The highest BCUT2D eigenvalue weighted by Gasteiger charge is 2.22. The SMILES string of the molecule is Nc1ccc(F)c(OCC2CC2)c1. The summed E-state index contributed by atoms with van der Waals surface area (Å²) in [7, 11) is 0. The first-order valence-electron chi connectivity index (χ1n) is 4.43. The molecule has 0 bridgehead atoms. The third kappa shape index (κ3) is 2.11. The predicted molar refractivity (Wildman–Crippen MR) is 49.0 cm³/mol. The summed E-state index contributed by atoms with van der Waals surface area (Å²) in [4.78, 5) is 0. The zero-order valence-electron chi connectivity index (χ0n) is 7.29. The molecule has 13 heavy (non-hydrogen) atoms. The van der Waals surface area contributed by atoms with E-state index in [-0.39, 0.29) is 11.6 Å². The fourth-order valence-electron chi connectivity index (χ4n) is 1.12. The quantitative estimate of drug-likeness (QED) is 0.725. The molecule has 2 rings (SSSR count). The maximum Gasteiger partial charge on any atom is 0.165 e. The Bertz CT molecular complexity index is 310. The predicted octanol–water partition coefficient (Wildman–Crippen LogP) is 2.20. The number of benzene rings is 1. The zero-order valence-corrected chi connectivity index (χ0v) is 7.29. The van der Waals surface area contributed by atoms with Gasteiger partial charge in [0.15, 0.2) is 11.6 Å². The van der Waals surface area contributed by atoms with Crippen molar-refractivity contribution in [2.24, 2.45) is 5.92 Å². The number of rotatable bonds is 3. The highest BCUT2D eigenvalue weighted by molar-refractivity contribution is 5.44. The van der Waals surface area contributed by atoms with Crippen molar-refractivity contribution in [2.75, 3.05) is 12.3 Å². The molecule has 0 amide bonds. The van der Waals surface area contributed by atoms with Crippen molar-refractivity contribution in [1.29, 1.82) is 0 Å². The maximum atomic E-state index is 13.1. The standard InChI is InChI=1S/C10H12FNO/c11-9-4-3-8(12)5-10(9)13-6-7-1-2-7/h3-5,7H,1-2,6,12H2. The molecule has 0 spiro atoms. The molecule has 0 aromatic heterocycles. The minimum absolute atomic E-state index is 0.270. The number of hydrogen-bond donors (Lipinski definition) is 1. The number of hydrogen-bond acceptors (Lipinski definition) is 2. The Kier molecular flexibility index (Phi) is 2.08. The number of ether oxygens (including phenoxy) is 1. The Morgan fingerprint density at radius 3 is 2.92 bits per heavy atom. The van der Waals surface area contributed by atoms with E-state index in [1.807, 2.05) is 0 Å². The first-order chi connectivity index (χ1) is 6.25.